The van der Waals surface area contributed by atoms with Crippen LogP contribution in [0.4, 0.5) is 0 Å². The molecule has 0 heterocycles. The number of hydrogen-bond acceptors (Lipinski definition) is 3. The molecule has 0 bridgehead atoms. The van der Waals surface area contributed by atoms with Gasteiger partial charge in [0, 0.05) is 10.5 Å². The number of benzene rings is 1. The summed E-state index contributed by atoms with van der Waals surface area (Å²) in [5, 5.41) is 0.517. The van der Waals surface area contributed by atoms with Crippen LogP contribution in [0, 0.1) is 0 Å². The first-order valence-electron chi connectivity index (χ1n) is 3.70. The second-order valence-corrected chi connectivity index (χ2v) is 3.09. The summed E-state index contributed by atoms with van der Waals surface area (Å²) < 4.78 is 5.19. The second kappa shape index (κ2) is 4.48. The number of rotatable bonds is 2. The molecule has 0 fully saturated rings. The van der Waals surface area contributed by atoms with E-state index in [1.165, 1.54) is 0 Å². The van der Waals surface area contributed by atoms with Gasteiger partial charge in [-0.15, -0.1) is 12.6 Å². The van der Waals surface area contributed by atoms with Gasteiger partial charge in [-0.1, -0.05) is 12.1 Å². The molecule has 1 aromatic carbocycles. The summed E-state index contributed by atoms with van der Waals surface area (Å²) in [5.74, 6) is 0. The molecule has 0 amide bonds. The average molecular weight is 198 g/mol. The predicted octanol–water partition coefficient (Wildman–Crippen LogP) is 2.69. The van der Waals surface area contributed by atoms with Crippen LogP contribution in [0.5, 0.6) is 0 Å². The third-order valence-corrected chi connectivity index (χ3v) is 2.13. The Hall–Kier alpha value is -0.540. The first-order valence-corrected chi connectivity index (χ1v) is 4.56. The Morgan fingerprint density at radius 1 is 1.50 bits per heavy atom. The van der Waals surface area contributed by atoms with Gasteiger partial charge in [0.2, 0.25) is 0 Å². The van der Waals surface area contributed by atoms with Gasteiger partial charge in [-0.25, -0.2) is 0 Å². The maximum Gasteiger partial charge on any atom is 0.192 e. The Labute approximate surface area is 83.2 Å². The second-order valence-electron chi connectivity index (χ2n) is 2.24. The Morgan fingerprint density at radius 3 is 2.75 bits per heavy atom. The predicted molar refractivity (Wildman–Crippen MR) is 57.0 cm³/mol. The molecule has 0 radical (unpaired) electrons. The molecule has 1 nitrogen and oxygen atoms in total. The summed E-state index contributed by atoms with van der Waals surface area (Å²) in [6, 6.07) is 7.63. The molecule has 0 aliphatic rings. The summed E-state index contributed by atoms with van der Waals surface area (Å²) in [6.07, 6.45) is 0. The SMILES string of the molecule is CCOC(=S)c1ccccc1S. The van der Waals surface area contributed by atoms with Gasteiger partial charge in [0.15, 0.2) is 5.05 Å². The molecule has 0 aliphatic carbocycles. The standard InChI is InChI=1S/C9H10OS2/c1-2-10-9(12)7-5-3-4-6-8(7)11/h3-6,11H,2H2,1H3. The topological polar surface area (TPSA) is 9.23 Å². The number of hydrogen-bond donors (Lipinski definition) is 1. The van der Waals surface area contributed by atoms with Crippen LogP contribution in [0.15, 0.2) is 29.2 Å². The number of thiol groups is 1. The molecule has 0 unspecified atom stereocenters. The minimum absolute atomic E-state index is 0.517. The van der Waals surface area contributed by atoms with E-state index in [1.807, 2.05) is 31.2 Å². The molecular formula is C9H10OS2. The maximum absolute atomic E-state index is 5.19. The molecule has 0 aliphatic heterocycles. The van der Waals surface area contributed by atoms with Crippen LogP contribution in [0.2, 0.25) is 0 Å². The van der Waals surface area contributed by atoms with Gasteiger partial charge < -0.3 is 4.74 Å². The smallest absolute Gasteiger partial charge is 0.192 e. The lowest BCUT2D eigenvalue weighted by molar-refractivity contribution is 0.337. The van der Waals surface area contributed by atoms with E-state index in [4.69, 9.17) is 17.0 Å². The van der Waals surface area contributed by atoms with Crippen molar-refractivity contribution in [3.05, 3.63) is 29.8 Å². The fourth-order valence-electron chi connectivity index (χ4n) is 0.855. The van der Waals surface area contributed by atoms with Crippen LogP contribution in [0.25, 0.3) is 0 Å². The van der Waals surface area contributed by atoms with Crippen molar-refractivity contribution >= 4 is 29.9 Å². The first-order chi connectivity index (χ1) is 5.75. The molecule has 1 aromatic rings. The molecular weight excluding hydrogens is 188 g/mol. The van der Waals surface area contributed by atoms with E-state index in [1.54, 1.807) is 0 Å². The van der Waals surface area contributed by atoms with Gasteiger partial charge in [0.1, 0.15) is 0 Å². The van der Waals surface area contributed by atoms with Gasteiger partial charge >= 0.3 is 0 Å². The van der Waals surface area contributed by atoms with Gasteiger partial charge in [0.05, 0.1) is 6.61 Å². The highest BCUT2D eigenvalue weighted by molar-refractivity contribution is 7.81. The van der Waals surface area contributed by atoms with Crippen LogP contribution in [0.3, 0.4) is 0 Å². The van der Waals surface area contributed by atoms with E-state index < -0.39 is 0 Å². The summed E-state index contributed by atoms with van der Waals surface area (Å²) in [5.41, 5.74) is 0.887. The molecule has 64 valence electrons. The molecule has 12 heavy (non-hydrogen) atoms. The van der Waals surface area contributed by atoms with Crippen molar-refractivity contribution in [2.45, 2.75) is 11.8 Å². The summed E-state index contributed by atoms with van der Waals surface area (Å²) in [7, 11) is 0. The van der Waals surface area contributed by atoms with Gasteiger partial charge in [-0.05, 0) is 31.3 Å². The molecule has 0 aromatic heterocycles. The van der Waals surface area contributed by atoms with E-state index in [0.29, 0.717) is 11.7 Å². The normalized spacial score (nSPS) is 9.50. The lowest BCUT2D eigenvalue weighted by atomic mass is 10.2. The third kappa shape index (κ3) is 2.22. The monoisotopic (exact) mass is 198 g/mol. The lowest BCUT2D eigenvalue weighted by Gasteiger charge is -2.06. The van der Waals surface area contributed by atoms with Gasteiger partial charge in [-0.3, -0.25) is 0 Å². The zero-order chi connectivity index (χ0) is 8.97. The highest BCUT2D eigenvalue weighted by Gasteiger charge is 2.03. The molecule has 0 saturated carbocycles. The van der Waals surface area contributed by atoms with Crippen molar-refractivity contribution in [3.63, 3.8) is 0 Å². The Bertz CT molecular complexity index is 284. The highest BCUT2D eigenvalue weighted by Crippen LogP contribution is 2.14. The van der Waals surface area contributed by atoms with Crippen LogP contribution >= 0.6 is 24.8 Å². The molecule has 0 atom stereocenters. The quantitative estimate of drug-likeness (QED) is 0.578. The first kappa shape index (κ1) is 9.55. The summed E-state index contributed by atoms with van der Waals surface area (Å²) in [4.78, 5) is 0.857. The Morgan fingerprint density at radius 2 is 2.17 bits per heavy atom. The summed E-state index contributed by atoms with van der Waals surface area (Å²) >= 11 is 9.30. The largest absolute Gasteiger partial charge is 0.483 e. The van der Waals surface area contributed by atoms with Gasteiger partial charge in [0.25, 0.3) is 0 Å². The minimum Gasteiger partial charge on any atom is -0.483 e. The van der Waals surface area contributed by atoms with Crippen LogP contribution < -0.4 is 0 Å². The van der Waals surface area contributed by atoms with Crippen LogP contribution in [0.1, 0.15) is 12.5 Å². The van der Waals surface area contributed by atoms with Crippen LogP contribution in [-0.2, 0) is 4.74 Å². The van der Waals surface area contributed by atoms with Crippen LogP contribution in [-0.4, -0.2) is 11.7 Å². The van der Waals surface area contributed by atoms with Crippen molar-refractivity contribution < 1.29 is 4.74 Å². The van der Waals surface area contributed by atoms with Crippen molar-refractivity contribution in [1.29, 1.82) is 0 Å². The zero-order valence-corrected chi connectivity index (χ0v) is 8.49. The van der Waals surface area contributed by atoms with E-state index in [-0.39, 0.29) is 0 Å². The van der Waals surface area contributed by atoms with E-state index >= 15 is 0 Å². The lowest BCUT2D eigenvalue weighted by Crippen LogP contribution is -2.03. The molecule has 0 N–H and O–H groups in total. The van der Waals surface area contributed by atoms with Crippen molar-refractivity contribution in [1.82, 2.24) is 0 Å². The minimum atomic E-state index is 0.517. The van der Waals surface area contributed by atoms with Gasteiger partial charge in [-0.2, -0.15) is 0 Å². The summed E-state index contributed by atoms with van der Waals surface area (Å²) in [6.45, 7) is 2.51. The average Bonchev–Trinajstić information content (AvgIpc) is 2.05. The molecule has 1 rings (SSSR count). The van der Waals surface area contributed by atoms with Crippen molar-refractivity contribution in [2.24, 2.45) is 0 Å². The number of thiocarbonyl (C=S) groups is 1. The van der Waals surface area contributed by atoms with E-state index in [9.17, 15) is 0 Å². The molecule has 0 saturated heterocycles. The Balaban J connectivity index is 2.87. The maximum atomic E-state index is 5.19. The van der Waals surface area contributed by atoms with Crippen molar-refractivity contribution in [3.8, 4) is 0 Å². The third-order valence-electron chi connectivity index (χ3n) is 1.40. The fraction of sp³-hybridized carbons (Fsp3) is 0.222. The Kier molecular flexibility index (Phi) is 3.56. The molecule has 3 heteroatoms. The molecule has 0 spiro atoms. The van der Waals surface area contributed by atoms with E-state index in [0.717, 1.165) is 10.5 Å². The zero-order valence-electron chi connectivity index (χ0n) is 6.78. The van der Waals surface area contributed by atoms with E-state index in [2.05, 4.69) is 12.6 Å². The van der Waals surface area contributed by atoms with Crippen molar-refractivity contribution in [2.75, 3.05) is 6.61 Å². The number of ether oxygens (including phenoxy) is 1. The highest BCUT2D eigenvalue weighted by atomic mass is 32.1. The fourth-order valence-corrected chi connectivity index (χ4v) is 1.49.